The number of aliphatic hydroxyl groups is 1. The molecule has 1 atom stereocenters. The van der Waals surface area contributed by atoms with Crippen molar-refractivity contribution in [2.24, 2.45) is 5.73 Å². The molecule has 19 heavy (non-hydrogen) atoms. The Balaban J connectivity index is 2.38. The number of carbonyl (C=O) groups excluding carboxylic acids is 1. The van der Waals surface area contributed by atoms with Crippen molar-refractivity contribution in [3.8, 4) is 0 Å². The van der Waals surface area contributed by atoms with Crippen molar-refractivity contribution in [1.82, 2.24) is 4.31 Å². The maximum absolute atomic E-state index is 12.3. The van der Waals surface area contributed by atoms with Gasteiger partial charge in [-0.25, -0.2) is 8.42 Å². The Morgan fingerprint density at radius 3 is 2.58 bits per heavy atom. The number of rotatable bonds is 3. The summed E-state index contributed by atoms with van der Waals surface area (Å²) in [6, 6.07) is 3.81. The summed E-state index contributed by atoms with van der Waals surface area (Å²) in [5.74, 6) is -0.674. The lowest BCUT2D eigenvalue weighted by Crippen LogP contribution is -2.30. The molecule has 5 N–H and O–H groups in total. The van der Waals surface area contributed by atoms with E-state index in [-0.39, 0.29) is 29.2 Å². The molecule has 7 nitrogen and oxygen atoms in total. The van der Waals surface area contributed by atoms with Crippen LogP contribution in [0.15, 0.2) is 23.1 Å². The lowest BCUT2D eigenvalue weighted by Gasteiger charge is -2.17. The van der Waals surface area contributed by atoms with E-state index in [9.17, 15) is 18.3 Å². The van der Waals surface area contributed by atoms with Gasteiger partial charge < -0.3 is 16.6 Å². The Bertz CT molecular complexity index is 614. The summed E-state index contributed by atoms with van der Waals surface area (Å²) < 4.78 is 25.8. The van der Waals surface area contributed by atoms with E-state index in [0.717, 1.165) is 0 Å². The van der Waals surface area contributed by atoms with Crippen molar-refractivity contribution < 1.29 is 18.3 Å². The van der Waals surface area contributed by atoms with Crippen molar-refractivity contribution in [3.05, 3.63) is 23.8 Å². The first-order valence-electron chi connectivity index (χ1n) is 5.70. The van der Waals surface area contributed by atoms with E-state index < -0.39 is 22.0 Å². The van der Waals surface area contributed by atoms with Gasteiger partial charge in [-0.2, -0.15) is 4.31 Å². The molecule has 1 amide bonds. The number of amides is 1. The third-order valence-electron chi connectivity index (χ3n) is 3.04. The number of β-amino-alcohol motifs (C(OH)–C–C–N with tert-alkyl or cyclic N) is 1. The van der Waals surface area contributed by atoms with Crippen LogP contribution >= 0.6 is 0 Å². The quantitative estimate of drug-likeness (QED) is 0.622. The minimum Gasteiger partial charge on any atom is -0.398 e. The first-order valence-corrected chi connectivity index (χ1v) is 7.14. The summed E-state index contributed by atoms with van der Waals surface area (Å²) in [5.41, 5.74) is 10.9. The monoisotopic (exact) mass is 285 g/mol. The van der Waals surface area contributed by atoms with E-state index in [0.29, 0.717) is 6.42 Å². The molecule has 8 heteroatoms. The number of primary amides is 1. The zero-order valence-electron chi connectivity index (χ0n) is 10.1. The van der Waals surface area contributed by atoms with Gasteiger partial charge in [0.25, 0.3) is 0 Å². The molecular formula is C11H15N3O4S. The Morgan fingerprint density at radius 2 is 2.11 bits per heavy atom. The van der Waals surface area contributed by atoms with Crippen LogP contribution in [0.25, 0.3) is 0 Å². The highest BCUT2D eigenvalue weighted by atomic mass is 32.2. The van der Waals surface area contributed by atoms with E-state index >= 15 is 0 Å². The molecule has 0 unspecified atom stereocenters. The van der Waals surface area contributed by atoms with Crippen molar-refractivity contribution >= 4 is 21.6 Å². The third-order valence-corrected chi connectivity index (χ3v) is 4.98. The minimum absolute atomic E-state index is 0.0299. The third kappa shape index (κ3) is 2.55. The van der Waals surface area contributed by atoms with Gasteiger partial charge in [0.1, 0.15) is 4.90 Å². The van der Waals surface area contributed by atoms with Crippen molar-refractivity contribution in [3.63, 3.8) is 0 Å². The lowest BCUT2D eigenvalue weighted by molar-refractivity contribution is 0.1000. The maximum Gasteiger partial charge on any atom is 0.248 e. The number of nitrogens with zero attached hydrogens (tertiary/aromatic N) is 1. The second-order valence-electron chi connectivity index (χ2n) is 4.42. The zero-order valence-corrected chi connectivity index (χ0v) is 10.9. The SMILES string of the molecule is NC(=O)c1ccc(S(=O)(=O)N2CC[C@@H](O)C2)c(N)c1. The fraction of sp³-hybridized carbons (Fsp3) is 0.364. The van der Waals surface area contributed by atoms with Gasteiger partial charge in [0.05, 0.1) is 11.8 Å². The largest absolute Gasteiger partial charge is 0.398 e. The summed E-state index contributed by atoms with van der Waals surface area (Å²) in [5, 5.41) is 9.40. The van der Waals surface area contributed by atoms with Gasteiger partial charge in [-0.15, -0.1) is 0 Å². The summed E-state index contributed by atoms with van der Waals surface area (Å²) in [4.78, 5) is 10.9. The molecule has 2 rings (SSSR count). The number of benzene rings is 1. The van der Waals surface area contributed by atoms with Gasteiger partial charge >= 0.3 is 0 Å². The number of nitrogen functional groups attached to an aromatic ring is 1. The van der Waals surface area contributed by atoms with E-state index in [2.05, 4.69) is 0 Å². The van der Waals surface area contributed by atoms with Crippen LogP contribution in [0.3, 0.4) is 0 Å². The molecule has 0 radical (unpaired) electrons. The summed E-state index contributed by atoms with van der Waals surface area (Å²) in [7, 11) is -3.75. The highest BCUT2D eigenvalue weighted by molar-refractivity contribution is 7.89. The second-order valence-corrected chi connectivity index (χ2v) is 6.33. The van der Waals surface area contributed by atoms with Gasteiger partial charge in [0, 0.05) is 18.7 Å². The standard InChI is InChI=1S/C11H15N3O4S/c12-9-5-7(11(13)16)1-2-10(9)19(17,18)14-4-3-8(15)6-14/h1-2,5,8,15H,3-4,6,12H2,(H2,13,16)/t8-/m1/s1. The minimum atomic E-state index is -3.75. The highest BCUT2D eigenvalue weighted by Gasteiger charge is 2.32. The summed E-state index contributed by atoms with van der Waals surface area (Å²) in [6.07, 6.45) is -0.251. The van der Waals surface area contributed by atoms with E-state index in [1.54, 1.807) is 0 Å². The molecule has 104 valence electrons. The lowest BCUT2D eigenvalue weighted by atomic mass is 10.2. The smallest absolute Gasteiger partial charge is 0.248 e. The molecule has 0 saturated carbocycles. The number of hydrogen-bond donors (Lipinski definition) is 3. The number of anilines is 1. The highest BCUT2D eigenvalue weighted by Crippen LogP contribution is 2.26. The van der Waals surface area contributed by atoms with Crippen LogP contribution in [-0.2, 0) is 10.0 Å². The molecule has 0 bridgehead atoms. The van der Waals surface area contributed by atoms with Crippen molar-refractivity contribution in [1.29, 1.82) is 0 Å². The molecule has 1 heterocycles. The van der Waals surface area contributed by atoms with Crippen LogP contribution in [0.1, 0.15) is 16.8 Å². The summed E-state index contributed by atoms with van der Waals surface area (Å²) in [6.45, 7) is 0.305. The average molecular weight is 285 g/mol. The number of hydrogen-bond acceptors (Lipinski definition) is 5. The van der Waals surface area contributed by atoms with Crippen LogP contribution < -0.4 is 11.5 Å². The van der Waals surface area contributed by atoms with E-state index in [1.165, 1.54) is 22.5 Å². The fourth-order valence-corrected chi connectivity index (χ4v) is 3.59. The molecule has 1 fully saturated rings. The van der Waals surface area contributed by atoms with Gasteiger partial charge in [0.2, 0.25) is 15.9 Å². The Hall–Kier alpha value is -1.64. The number of carbonyl (C=O) groups is 1. The predicted octanol–water partition coefficient (Wildman–Crippen LogP) is -0.877. The van der Waals surface area contributed by atoms with Gasteiger partial charge in [-0.05, 0) is 24.6 Å². The molecule has 1 saturated heterocycles. The van der Waals surface area contributed by atoms with Crippen LogP contribution in [-0.4, -0.2) is 42.9 Å². The normalized spacial score (nSPS) is 20.6. The van der Waals surface area contributed by atoms with Crippen LogP contribution in [0.2, 0.25) is 0 Å². The molecule has 0 aromatic heterocycles. The Labute approximate surface area is 110 Å². The Morgan fingerprint density at radius 1 is 1.42 bits per heavy atom. The predicted molar refractivity (Wildman–Crippen MR) is 68.8 cm³/mol. The number of aliphatic hydroxyl groups excluding tert-OH is 1. The number of nitrogens with two attached hydrogens (primary N) is 2. The molecule has 0 aliphatic carbocycles. The topological polar surface area (TPSA) is 127 Å². The molecule has 0 spiro atoms. The van der Waals surface area contributed by atoms with Crippen LogP contribution in [0.4, 0.5) is 5.69 Å². The average Bonchev–Trinajstić information content (AvgIpc) is 2.76. The second kappa shape index (κ2) is 4.80. The molecule has 1 aliphatic heterocycles. The summed E-state index contributed by atoms with van der Waals surface area (Å²) >= 11 is 0. The molecule has 1 aliphatic rings. The van der Waals surface area contributed by atoms with Crippen LogP contribution in [0, 0.1) is 0 Å². The molecule has 1 aromatic rings. The van der Waals surface area contributed by atoms with Crippen LogP contribution in [0.5, 0.6) is 0 Å². The first-order chi connectivity index (χ1) is 8.82. The first kappa shape index (κ1) is 13.8. The van der Waals surface area contributed by atoms with E-state index in [4.69, 9.17) is 11.5 Å². The molecule has 1 aromatic carbocycles. The molecular weight excluding hydrogens is 270 g/mol. The van der Waals surface area contributed by atoms with Gasteiger partial charge in [-0.3, -0.25) is 4.79 Å². The van der Waals surface area contributed by atoms with Gasteiger partial charge in [-0.1, -0.05) is 0 Å². The van der Waals surface area contributed by atoms with Gasteiger partial charge in [0.15, 0.2) is 0 Å². The fourth-order valence-electron chi connectivity index (χ4n) is 2.00. The number of sulfonamides is 1. The van der Waals surface area contributed by atoms with E-state index in [1.807, 2.05) is 0 Å². The maximum atomic E-state index is 12.3. The Kier molecular flexibility index (Phi) is 3.48. The van der Waals surface area contributed by atoms with Crippen molar-refractivity contribution in [2.75, 3.05) is 18.8 Å². The van der Waals surface area contributed by atoms with Crippen molar-refractivity contribution in [2.45, 2.75) is 17.4 Å². The zero-order chi connectivity index (χ0) is 14.2.